The second-order valence-corrected chi connectivity index (χ2v) is 12.7. The number of fused-ring (bicyclic) bond motifs is 4. The van der Waals surface area contributed by atoms with E-state index in [1.165, 1.54) is 31.3 Å². The van der Waals surface area contributed by atoms with Crippen molar-refractivity contribution < 1.29 is 4.42 Å². The van der Waals surface area contributed by atoms with E-state index in [1.54, 1.807) is 0 Å². The van der Waals surface area contributed by atoms with Crippen molar-refractivity contribution >= 4 is 59.7 Å². The topological polar surface area (TPSA) is 29.3 Å². The molecule has 0 amide bonds. The number of para-hydroxylation sites is 2. The molecule has 0 atom stereocenters. The molecule has 0 spiro atoms. The zero-order valence-electron chi connectivity index (χ0n) is 25.4. The van der Waals surface area contributed by atoms with Crippen molar-refractivity contribution in [2.24, 2.45) is 0 Å². The van der Waals surface area contributed by atoms with E-state index in [-0.39, 0.29) is 0 Å². The minimum atomic E-state index is 0.630. The number of rotatable bonds is 6. The van der Waals surface area contributed by atoms with Gasteiger partial charge in [0.2, 0.25) is 5.89 Å². The average Bonchev–Trinajstić information content (AvgIpc) is 3.75. The fraction of sp³-hybridized carbons (Fsp3) is 0. The molecule has 47 heavy (non-hydrogen) atoms. The molecule has 222 valence electrons. The first kappa shape index (κ1) is 27.3. The van der Waals surface area contributed by atoms with Crippen molar-refractivity contribution in [1.29, 1.82) is 0 Å². The summed E-state index contributed by atoms with van der Waals surface area (Å²) in [5.41, 5.74) is 10.4. The monoisotopic (exact) mass is 620 g/mol. The normalized spacial score (nSPS) is 11.4. The number of aromatic nitrogens is 1. The van der Waals surface area contributed by atoms with Crippen LogP contribution in [0.3, 0.4) is 0 Å². The summed E-state index contributed by atoms with van der Waals surface area (Å²) in [6.45, 7) is 0. The number of nitrogens with zero attached hydrogens (tertiary/aromatic N) is 2. The lowest BCUT2D eigenvalue weighted by Crippen LogP contribution is -2.11. The average molecular weight is 621 g/mol. The molecule has 9 aromatic rings. The van der Waals surface area contributed by atoms with Gasteiger partial charge in [0.15, 0.2) is 5.58 Å². The van der Waals surface area contributed by atoms with Gasteiger partial charge in [0, 0.05) is 48.2 Å². The van der Waals surface area contributed by atoms with Crippen LogP contribution < -0.4 is 4.90 Å². The Morgan fingerprint density at radius 2 is 1.11 bits per heavy atom. The molecule has 3 nitrogen and oxygen atoms in total. The fourth-order valence-corrected chi connectivity index (χ4v) is 7.62. The van der Waals surface area contributed by atoms with Crippen molar-refractivity contribution in [3.05, 3.63) is 170 Å². The lowest BCUT2D eigenvalue weighted by Gasteiger charge is -2.28. The van der Waals surface area contributed by atoms with Gasteiger partial charge in [-0.2, -0.15) is 0 Å². The predicted octanol–water partition coefficient (Wildman–Crippen LogP) is 12.7. The molecular weight excluding hydrogens is 593 g/mol. The van der Waals surface area contributed by atoms with Crippen molar-refractivity contribution in [1.82, 2.24) is 4.98 Å². The van der Waals surface area contributed by atoms with Crippen molar-refractivity contribution in [2.45, 2.75) is 0 Å². The van der Waals surface area contributed by atoms with Gasteiger partial charge in [0.05, 0.1) is 5.69 Å². The van der Waals surface area contributed by atoms with Crippen LogP contribution in [0.2, 0.25) is 0 Å². The smallest absolute Gasteiger partial charge is 0.227 e. The molecule has 0 N–H and O–H groups in total. The van der Waals surface area contributed by atoms with Crippen LogP contribution in [0.5, 0.6) is 0 Å². The van der Waals surface area contributed by atoms with Gasteiger partial charge in [0.1, 0.15) is 5.52 Å². The SMILES string of the molecule is c1ccc(-c2nc3cccc(-c4ccc(N(c5ccc6c(c5)sc5ccccc56)c5ccccc5-c5ccccc5)cc4)c3o2)cc1. The molecule has 0 aliphatic heterocycles. The van der Waals surface area contributed by atoms with E-state index in [0.717, 1.165) is 44.9 Å². The second kappa shape index (κ2) is 11.4. The first-order chi connectivity index (χ1) is 23.3. The molecule has 0 bridgehead atoms. The van der Waals surface area contributed by atoms with E-state index in [0.29, 0.717) is 5.89 Å². The lowest BCUT2D eigenvalue weighted by molar-refractivity contribution is 0.621. The Morgan fingerprint density at radius 3 is 1.94 bits per heavy atom. The Morgan fingerprint density at radius 1 is 0.468 bits per heavy atom. The number of anilines is 3. The third-order valence-electron chi connectivity index (χ3n) is 8.72. The zero-order valence-corrected chi connectivity index (χ0v) is 26.2. The van der Waals surface area contributed by atoms with E-state index in [4.69, 9.17) is 9.40 Å². The molecular formula is C43H28N2OS. The number of oxazole rings is 1. The number of thiophene rings is 1. The summed E-state index contributed by atoms with van der Waals surface area (Å²) in [5, 5.41) is 2.59. The van der Waals surface area contributed by atoms with Gasteiger partial charge >= 0.3 is 0 Å². The van der Waals surface area contributed by atoms with E-state index in [1.807, 2.05) is 53.8 Å². The summed E-state index contributed by atoms with van der Waals surface area (Å²) in [5.74, 6) is 0.630. The largest absolute Gasteiger partial charge is 0.435 e. The molecule has 0 fully saturated rings. The van der Waals surface area contributed by atoms with Crippen molar-refractivity contribution in [2.75, 3.05) is 4.90 Å². The minimum absolute atomic E-state index is 0.630. The number of benzene rings is 7. The Balaban J connectivity index is 1.18. The van der Waals surface area contributed by atoms with E-state index in [2.05, 4.69) is 132 Å². The number of hydrogen-bond acceptors (Lipinski definition) is 4. The summed E-state index contributed by atoms with van der Waals surface area (Å²) in [6, 6.07) is 59.8. The quantitative estimate of drug-likeness (QED) is 0.185. The summed E-state index contributed by atoms with van der Waals surface area (Å²) < 4.78 is 8.94. The molecule has 2 aromatic heterocycles. The summed E-state index contributed by atoms with van der Waals surface area (Å²) >= 11 is 1.84. The summed E-state index contributed by atoms with van der Waals surface area (Å²) in [6.07, 6.45) is 0. The van der Waals surface area contributed by atoms with Crippen LogP contribution in [0, 0.1) is 0 Å². The van der Waals surface area contributed by atoms with Crippen LogP contribution in [-0.2, 0) is 0 Å². The van der Waals surface area contributed by atoms with Crippen molar-refractivity contribution in [3.63, 3.8) is 0 Å². The maximum atomic E-state index is 6.37. The van der Waals surface area contributed by atoms with Crippen LogP contribution in [0.15, 0.2) is 174 Å². The molecule has 7 aromatic carbocycles. The van der Waals surface area contributed by atoms with Crippen LogP contribution in [0.25, 0.3) is 65.0 Å². The molecule has 9 rings (SSSR count). The Bertz CT molecular complexity index is 2510. The molecule has 0 aliphatic carbocycles. The van der Waals surface area contributed by atoms with Gasteiger partial charge in [-0.1, -0.05) is 115 Å². The molecule has 0 saturated carbocycles. The van der Waals surface area contributed by atoms with Gasteiger partial charge in [-0.25, -0.2) is 4.98 Å². The van der Waals surface area contributed by atoms with Gasteiger partial charge in [-0.05, 0) is 65.7 Å². The third-order valence-corrected chi connectivity index (χ3v) is 9.86. The maximum Gasteiger partial charge on any atom is 0.227 e. The minimum Gasteiger partial charge on any atom is -0.435 e. The first-order valence-electron chi connectivity index (χ1n) is 15.7. The Hall–Kier alpha value is -5.97. The maximum absolute atomic E-state index is 6.37. The van der Waals surface area contributed by atoms with E-state index < -0.39 is 0 Å². The molecule has 0 unspecified atom stereocenters. The van der Waals surface area contributed by atoms with Gasteiger partial charge in [-0.3, -0.25) is 0 Å². The predicted molar refractivity (Wildman–Crippen MR) is 198 cm³/mol. The highest BCUT2D eigenvalue weighted by molar-refractivity contribution is 7.25. The van der Waals surface area contributed by atoms with E-state index in [9.17, 15) is 0 Å². The fourth-order valence-electron chi connectivity index (χ4n) is 6.48. The molecule has 0 saturated heterocycles. The lowest BCUT2D eigenvalue weighted by atomic mass is 10.0. The standard InChI is InChI=1S/C43H28N2OS/c1-3-12-29(13-4-1)34-16-7-9-20-39(34)45(33-26-27-37-36-17-8-10-21-40(36)47-41(37)28-33)32-24-22-30(23-25-32)35-18-11-19-38-42(35)46-43(44-38)31-14-5-2-6-15-31/h1-28H. The molecule has 0 aliphatic rings. The van der Waals surface area contributed by atoms with Crippen LogP contribution in [-0.4, -0.2) is 4.98 Å². The number of hydrogen-bond donors (Lipinski definition) is 0. The molecule has 0 radical (unpaired) electrons. The van der Waals surface area contributed by atoms with Gasteiger partial charge < -0.3 is 9.32 Å². The highest BCUT2D eigenvalue weighted by atomic mass is 32.1. The Labute approximate surface area is 276 Å². The molecule has 4 heteroatoms. The van der Waals surface area contributed by atoms with Gasteiger partial charge in [0.25, 0.3) is 0 Å². The van der Waals surface area contributed by atoms with Crippen LogP contribution in [0.1, 0.15) is 0 Å². The third kappa shape index (κ3) is 4.87. The molecule has 2 heterocycles. The summed E-state index contributed by atoms with van der Waals surface area (Å²) in [7, 11) is 0. The second-order valence-electron chi connectivity index (χ2n) is 11.6. The van der Waals surface area contributed by atoms with Crippen molar-refractivity contribution in [3.8, 4) is 33.7 Å². The van der Waals surface area contributed by atoms with Crippen LogP contribution in [0.4, 0.5) is 17.1 Å². The van der Waals surface area contributed by atoms with Gasteiger partial charge in [-0.15, -0.1) is 11.3 Å². The Kier molecular flexibility index (Phi) is 6.65. The van der Waals surface area contributed by atoms with Crippen LogP contribution >= 0.6 is 11.3 Å². The highest BCUT2D eigenvalue weighted by Crippen LogP contribution is 2.44. The summed E-state index contributed by atoms with van der Waals surface area (Å²) in [4.78, 5) is 7.17. The zero-order chi connectivity index (χ0) is 31.2. The van der Waals surface area contributed by atoms with E-state index >= 15 is 0 Å². The first-order valence-corrected chi connectivity index (χ1v) is 16.5. The highest BCUT2D eigenvalue weighted by Gasteiger charge is 2.19.